The molecule has 0 spiro atoms. The van der Waals surface area contributed by atoms with Crippen LogP contribution in [0.4, 0.5) is 10.1 Å². The summed E-state index contributed by atoms with van der Waals surface area (Å²) < 4.78 is 18.4. The first kappa shape index (κ1) is 24.3. The van der Waals surface area contributed by atoms with E-state index in [0.717, 1.165) is 16.9 Å². The summed E-state index contributed by atoms with van der Waals surface area (Å²) in [5.41, 5.74) is 2.49. The van der Waals surface area contributed by atoms with Gasteiger partial charge in [0, 0.05) is 12.2 Å². The van der Waals surface area contributed by atoms with Gasteiger partial charge in [-0.05, 0) is 66.2 Å². The number of ether oxygens (including phenoxy) is 1. The molecule has 1 aliphatic heterocycles. The van der Waals surface area contributed by atoms with E-state index in [4.69, 9.17) is 17.0 Å². The topological polar surface area (TPSA) is 61.9 Å². The van der Waals surface area contributed by atoms with Gasteiger partial charge in [-0.15, -0.1) is 0 Å². The molecule has 3 aromatic rings. The van der Waals surface area contributed by atoms with E-state index in [0.29, 0.717) is 30.3 Å². The fourth-order valence-electron chi connectivity index (χ4n) is 4.02. The number of halogens is 1. The maximum atomic E-state index is 13.4. The molecule has 35 heavy (non-hydrogen) atoms. The molecule has 0 saturated carbocycles. The molecule has 8 heteroatoms. The van der Waals surface area contributed by atoms with E-state index in [-0.39, 0.29) is 24.1 Å². The second-order valence-corrected chi connectivity index (χ2v) is 8.62. The average molecular weight is 492 g/mol. The van der Waals surface area contributed by atoms with Crippen molar-refractivity contribution in [1.29, 1.82) is 0 Å². The number of anilines is 1. The zero-order valence-electron chi connectivity index (χ0n) is 19.3. The number of amides is 2. The molecular weight excluding hydrogens is 465 g/mol. The van der Waals surface area contributed by atoms with Crippen LogP contribution in [0, 0.1) is 5.82 Å². The van der Waals surface area contributed by atoms with Gasteiger partial charge in [0.1, 0.15) is 17.6 Å². The number of carbonyl (C=O) groups excluding carboxylic acids is 2. The zero-order chi connectivity index (χ0) is 24.8. The van der Waals surface area contributed by atoms with E-state index in [1.165, 1.54) is 24.3 Å². The Morgan fingerprint density at radius 2 is 1.69 bits per heavy atom. The molecule has 0 aliphatic carbocycles. The Hall–Kier alpha value is -3.78. The SMILES string of the molecule is COc1ccc(CCN2C(=S)N(Cc3ccccc3)C(=O)[C@H]2CC(=O)Nc2ccc(F)cc2)cc1. The number of methoxy groups -OCH3 is 1. The normalized spacial score (nSPS) is 15.4. The maximum Gasteiger partial charge on any atom is 0.252 e. The largest absolute Gasteiger partial charge is 0.497 e. The van der Waals surface area contributed by atoms with E-state index in [2.05, 4.69) is 5.32 Å². The molecule has 1 atom stereocenters. The Bertz CT molecular complexity index is 1190. The third-order valence-corrected chi connectivity index (χ3v) is 6.35. The Labute approximate surface area is 209 Å². The van der Waals surface area contributed by atoms with E-state index in [9.17, 15) is 14.0 Å². The van der Waals surface area contributed by atoms with Gasteiger partial charge in [-0.3, -0.25) is 14.5 Å². The average Bonchev–Trinajstić information content (AvgIpc) is 3.08. The number of hydrogen-bond acceptors (Lipinski definition) is 4. The van der Waals surface area contributed by atoms with Gasteiger partial charge >= 0.3 is 0 Å². The van der Waals surface area contributed by atoms with Crippen LogP contribution in [0.25, 0.3) is 0 Å². The van der Waals surface area contributed by atoms with Gasteiger partial charge < -0.3 is 15.0 Å². The van der Waals surface area contributed by atoms with Crippen molar-refractivity contribution in [2.75, 3.05) is 19.0 Å². The Morgan fingerprint density at radius 1 is 1.00 bits per heavy atom. The van der Waals surface area contributed by atoms with Crippen molar-refractivity contribution in [2.45, 2.75) is 25.4 Å². The standard InChI is InChI=1S/C27H26FN3O3S/c1-34-23-13-7-19(8-14-23)15-16-30-24(17-25(32)29-22-11-9-21(28)10-12-22)26(33)31(27(30)35)18-20-5-3-2-4-6-20/h2-14,24H,15-18H2,1H3,(H,29,32)/t24-/m1/s1. The van der Waals surface area contributed by atoms with Gasteiger partial charge in [0.15, 0.2) is 5.11 Å². The monoisotopic (exact) mass is 491 g/mol. The molecule has 1 aliphatic rings. The summed E-state index contributed by atoms with van der Waals surface area (Å²) in [6.45, 7) is 0.824. The predicted molar refractivity (Wildman–Crippen MR) is 136 cm³/mol. The van der Waals surface area contributed by atoms with E-state index in [1.54, 1.807) is 12.0 Å². The number of hydrogen-bond donors (Lipinski definition) is 1. The molecule has 1 fully saturated rings. The van der Waals surface area contributed by atoms with Crippen LogP contribution in [-0.2, 0) is 22.6 Å². The van der Waals surface area contributed by atoms with E-state index < -0.39 is 6.04 Å². The van der Waals surface area contributed by atoms with Gasteiger partial charge in [-0.1, -0.05) is 42.5 Å². The lowest BCUT2D eigenvalue weighted by molar-refractivity contribution is -0.131. The molecule has 1 saturated heterocycles. The van der Waals surface area contributed by atoms with Crippen molar-refractivity contribution in [3.05, 3.63) is 95.8 Å². The maximum absolute atomic E-state index is 13.4. The summed E-state index contributed by atoms with van der Waals surface area (Å²) in [6.07, 6.45) is 0.580. The summed E-state index contributed by atoms with van der Waals surface area (Å²) in [5.74, 6) is -0.165. The summed E-state index contributed by atoms with van der Waals surface area (Å²) >= 11 is 5.70. The van der Waals surface area contributed by atoms with Gasteiger partial charge in [0.05, 0.1) is 20.1 Å². The van der Waals surface area contributed by atoms with Crippen LogP contribution in [0.3, 0.4) is 0 Å². The molecule has 180 valence electrons. The fourth-order valence-corrected chi connectivity index (χ4v) is 4.39. The highest BCUT2D eigenvalue weighted by Gasteiger charge is 2.43. The van der Waals surface area contributed by atoms with Crippen molar-refractivity contribution >= 4 is 34.8 Å². The molecular formula is C27H26FN3O3S. The molecule has 4 rings (SSSR count). The van der Waals surface area contributed by atoms with E-state index in [1.807, 2.05) is 59.5 Å². The number of rotatable bonds is 9. The van der Waals surface area contributed by atoms with Gasteiger partial charge in [-0.25, -0.2) is 4.39 Å². The van der Waals surface area contributed by atoms with Crippen molar-refractivity contribution in [3.63, 3.8) is 0 Å². The molecule has 6 nitrogen and oxygen atoms in total. The minimum absolute atomic E-state index is 0.0652. The van der Waals surface area contributed by atoms with Gasteiger partial charge in [0.25, 0.3) is 5.91 Å². The quantitative estimate of drug-likeness (QED) is 0.450. The number of benzene rings is 3. The number of nitrogens with one attached hydrogen (secondary N) is 1. The highest BCUT2D eigenvalue weighted by Crippen LogP contribution is 2.24. The lowest BCUT2D eigenvalue weighted by atomic mass is 10.1. The Balaban J connectivity index is 1.50. The predicted octanol–water partition coefficient (Wildman–Crippen LogP) is 4.40. The molecule has 0 aromatic heterocycles. The van der Waals surface area contributed by atoms with Crippen molar-refractivity contribution in [1.82, 2.24) is 9.80 Å². The molecule has 2 amide bonds. The first-order valence-electron chi connectivity index (χ1n) is 11.3. The smallest absolute Gasteiger partial charge is 0.252 e. The Kier molecular flexibility index (Phi) is 7.72. The van der Waals surface area contributed by atoms with Gasteiger partial charge in [-0.2, -0.15) is 0 Å². The lowest BCUT2D eigenvalue weighted by Crippen LogP contribution is -2.39. The first-order chi connectivity index (χ1) is 16.9. The zero-order valence-corrected chi connectivity index (χ0v) is 20.1. The number of thiocarbonyl (C=S) groups is 1. The highest BCUT2D eigenvalue weighted by molar-refractivity contribution is 7.80. The third kappa shape index (κ3) is 6.02. The fraction of sp³-hybridized carbons (Fsp3) is 0.222. The van der Waals surface area contributed by atoms with Crippen molar-refractivity contribution in [3.8, 4) is 5.75 Å². The van der Waals surface area contributed by atoms with Crippen LogP contribution in [-0.4, -0.2) is 46.4 Å². The minimum Gasteiger partial charge on any atom is -0.497 e. The van der Waals surface area contributed by atoms with Gasteiger partial charge in [0.2, 0.25) is 5.91 Å². The third-order valence-electron chi connectivity index (χ3n) is 5.89. The van der Waals surface area contributed by atoms with Crippen LogP contribution in [0.15, 0.2) is 78.9 Å². The molecule has 0 unspecified atom stereocenters. The van der Waals surface area contributed by atoms with Crippen LogP contribution < -0.4 is 10.1 Å². The Morgan fingerprint density at radius 3 is 2.34 bits per heavy atom. The minimum atomic E-state index is -0.718. The number of nitrogens with zero attached hydrogens (tertiary/aromatic N) is 2. The van der Waals surface area contributed by atoms with Crippen LogP contribution in [0.2, 0.25) is 0 Å². The van der Waals surface area contributed by atoms with Crippen molar-refractivity contribution in [2.24, 2.45) is 0 Å². The van der Waals surface area contributed by atoms with Crippen LogP contribution >= 0.6 is 12.2 Å². The molecule has 0 radical (unpaired) electrons. The second kappa shape index (κ2) is 11.1. The lowest BCUT2D eigenvalue weighted by Gasteiger charge is -2.24. The first-order valence-corrected chi connectivity index (χ1v) is 11.7. The summed E-state index contributed by atoms with van der Waals surface area (Å²) in [7, 11) is 1.62. The number of carbonyl (C=O) groups is 2. The van der Waals surface area contributed by atoms with Crippen LogP contribution in [0.5, 0.6) is 5.75 Å². The molecule has 0 bridgehead atoms. The summed E-state index contributed by atoms with van der Waals surface area (Å²) in [5, 5.41) is 3.15. The molecule has 1 heterocycles. The second-order valence-electron chi connectivity index (χ2n) is 8.26. The van der Waals surface area contributed by atoms with Crippen LogP contribution in [0.1, 0.15) is 17.5 Å². The summed E-state index contributed by atoms with van der Waals surface area (Å²) in [4.78, 5) is 29.6. The van der Waals surface area contributed by atoms with Crippen molar-refractivity contribution < 1.29 is 18.7 Å². The summed E-state index contributed by atoms with van der Waals surface area (Å²) in [6, 6.07) is 22.1. The highest BCUT2D eigenvalue weighted by atomic mass is 32.1. The molecule has 3 aromatic carbocycles. The molecule has 1 N–H and O–H groups in total. The van der Waals surface area contributed by atoms with E-state index >= 15 is 0 Å².